The van der Waals surface area contributed by atoms with E-state index >= 15 is 0 Å². The van der Waals surface area contributed by atoms with Crippen molar-refractivity contribution in [2.24, 2.45) is 10.9 Å². The van der Waals surface area contributed by atoms with Crippen molar-refractivity contribution in [3.05, 3.63) is 29.8 Å². The van der Waals surface area contributed by atoms with Gasteiger partial charge in [-0.25, -0.2) is 0 Å². The van der Waals surface area contributed by atoms with Crippen molar-refractivity contribution in [2.75, 3.05) is 44.2 Å². The average molecular weight is 387 g/mol. The number of nitrogens with zero attached hydrogens (tertiary/aromatic N) is 3. The molecule has 1 fully saturated rings. The van der Waals surface area contributed by atoms with Crippen molar-refractivity contribution >= 4 is 17.6 Å². The monoisotopic (exact) mass is 386 g/mol. The predicted octanol–water partition coefficient (Wildman–Crippen LogP) is 2.68. The smallest absolute Gasteiger partial charge is 0.309 e. The number of ether oxygens (including phenoxy) is 1. The van der Waals surface area contributed by atoms with Crippen LogP contribution in [0.5, 0.6) is 0 Å². The number of esters is 1. The molecule has 0 radical (unpaired) electrons. The molecule has 1 saturated heterocycles. The van der Waals surface area contributed by atoms with E-state index in [1.54, 1.807) is 0 Å². The minimum Gasteiger partial charge on any atom is -0.466 e. The first-order valence-electron chi connectivity index (χ1n) is 10.7. The molecule has 6 nitrogen and oxygen atoms in total. The van der Waals surface area contributed by atoms with Gasteiger partial charge in [-0.2, -0.15) is 0 Å². The molecule has 0 bridgehead atoms. The average Bonchev–Trinajstić information content (AvgIpc) is 3.03. The lowest BCUT2D eigenvalue weighted by Crippen LogP contribution is -2.47. The van der Waals surface area contributed by atoms with Crippen LogP contribution >= 0.6 is 0 Å². The van der Waals surface area contributed by atoms with Crippen molar-refractivity contribution in [1.82, 2.24) is 10.2 Å². The van der Waals surface area contributed by atoms with Crippen LogP contribution < -0.4 is 10.2 Å². The summed E-state index contributed by atoms with van der Waals surface area (Å²) >= 11 is 0. The van der Waals surface area contributed by atoms with Gasteiger partial charge in [-0.3, -0.25) is 9.79 Å². The fourth-order valence-corrected chi connectivity index (χ4v) is 4.25. The molecule has 0 amide bonds. The molecule has 1 N–H and O–H groups in total. The van der Waals surface area contributed by atoms with E-state index in [1.807, 2.05) is 6.92 Å². The minimum absolute atomic E-state index is 0.0287. The number of rotatable bonds is 6. The lowest BCUT2D eigenvalue weighted by Gasteiger charge is -2.33. The molecule has 1 atom stereocenters. The lowest BCUT2D eigenvalue weighted by molar-refractivity contribution is -0.149. The standard InChI is InChI=1S/C22H34N4O2/c1-4-23-22(25-13-10-18(11-14-25)21(27)28-5-2)24-12-15-26-17(3)16-19-8-6-7-9-20(19)26/h6-9,17-18H,4-5,10-16H2,1-3H3,(H,23,24). The maximum atomic E-state index is 12.0. The number of carbonyl (C=O) groups excluding carboxylic acids is 1. The number of carbonyl (C=O) groups is 1. The normalized spacial score (nSPS) is 20.2. The van der Waals surface area contributed by atoms with E-state index in [0.29, 0.717) is 12.6 Å². The maximum Gasteiger partial charge on any atom is 0.309 e. The van der Waals surface area contributed by atoms with Crippen molar-refractivity contribution in [3.8, 4) is 0 Å². The molecule has 1 aromatic carbocycles. The zero-order valence-corrected chi connectivity index (χ0v) is 17.5. The molecule has 1 aromatic rings. The van der Waals surface area contributed by atoms with E-state index in [4.69, 9.17) is 9.73 Å². The summed E-state index contributed by atoms with van der Waals surface area (Å²) in [5, 5.41) is 3.42. The molecule has 2 aliphatic rings. The quantitative estimate of drug-likeness (QED) is 0.463. The number of fused-ring (bicyclic) bond motifs is 1. The molecule has 154 valence electrons. The summed E-state index contributed by atoms with van der Waals surface area (Å²) in [4.78, 5) is 21.6. The highest BCUT2D eigenvalue weighted by Crippen LogP contribution is 2.31. The largest absolute Gasteiger partial charge is 0.466 e. The summed E-state index contributed by atoms with van der Waals surface area (Å²) in [6, 6.07) is 9.21. The van der Waals surface area contributed by atoms with Gasteiger partial charge >= 0.3 is 5.97 Å². The fraction of sp³-hybridized carbons (Fsp3) is 0.636. The van der Waals surface area contributed by atoms with Crippen LogP contribution in [0.25, 0.3) is 0 Å². The van der Waals surface area contributed by atoms with Gasteiger partial charge in [-0.1, -0.05) is 18.2 Å². The van der Waals surface area contributed by atoms with Crippen LogP contribution in [0.4, 0.5) is 5.69 Å². The minimum atomic E-state index is -0.0502. The maximum absolute atomic E-state index is 12.0. The first-order chi connectivity index (χ1) is 13.6. The van der Waals surface area contributed by atoms with Crippen LogP contribution in [0, 0.1) is 5.92 Å². The van der Waals surface area contributed by atoms with Gasteiger partial charge in [0.05, 0.1) is 19.1 Å². The Morgan fingerprint density at radius 3 is 2.71 bits per heavy atom. The van der Waals surface area contributed by atoms with E-state index in [-0.39, 0.29) is 11.9 Å². The van der Waals surface area contributed by atoms with Crippen molar-refractivity contribution in [1.29, 1.82) is 0 Å². The summed E-state index contributed by atoms with van der Waals surface area (Å²) in [5.41, 5.74) is 2.79. The van der Waals surface area contributed by atoms with Crippen LogP contribution in [0.15, 0.2) is 29.3 Å². The van der Waals surface area contributed by atoms with E-state index in [0.717, 1.165) is 57.9 Å². The third kappa shape index (κ3) is 4.78. The van der Waals surface area contributed by atoms with Gasteiger partial charge in [0.2, 0.25) is 0 Å². The lowest BCUT2D eigenvalue weighted by atomic mass is 9.97. The van der Waals surface area contributed by atoms with Crippen molar-refractivity contribution in [3.63, 3.8) is 0 Å². The second-order valence-electron chi connectivity index (χ2n) is 7.62. The Morgan fingerprint density at radius 2 is 2.00 bits per heavy atom. The van der Waals surface area contributed by atoms with Crippen LogP contribution in [0.1, 0.15) is 39.2 Å². The number of nitrogens with one attached hydrogen (secondary N) is 1. The Labute approximate surface area is 168 Å². The molecule has 2 heterocycles. The molecule has 0 saturated carbocycles. The van der Waals surface area contributed by atoms with Gasteiger partial charge in [-0.05, 0) is 51.7 Å². The molecule has 28 heavy (non-hydrogen) atoms. The molecule has 2 aliphatic heterocycles. The number of guanidine groups is 1. The summed E-state index contributed by atoms with van der Waals surface area (Å²) in [7, 11) is 0. The highest BCUT2D eigenvalue weighted by molar-refractivity contribution is 5.80. The van der Waals surface area contributed by atoms with Gasteiger partial charge < -0.3 is 19.9 Å². The molecular formula is C22H34N4O2. The third-order valence-electron chi connectivity index (χ3n) is 5.70. The topological polar surface area (TPSA) is 57.2 Å². The zero-order valence-electron chi connectivity index (χ0n) is 17.5. The van der Waals surface area contributed by atoms with Crippen LogP contribution in [-0.2, 0) is 16.0 Å². The first kappa shape index (κ1) is 20.5. The number of benzene rings is 1. The molecule has 6 heteroatoms. The van der Waals surface area contributed by atoms with E-state index in [2.05, 4.69) is 53.2 Å². The number of hydrogen-bond acceptors (Lipinski definition) is 4. The Kier molecular flexibility index (Phi) is 7.18. The molecule has 0 spiro atoms. The van der Waals surface area contributed by atoms with Crippen LogP contribution in [-0.4, -0.2) is 62.2 Å². The third-order valence-corrected chi connectivity index (χ3v) is 5.70. The van der Waals surface area contributed by atoms with E-state index in [1.165, 1.54) is 11.3 Å². The van der Waals surface area contributed by atoms with Crippen molar-refractivity contribution in [2.45, 2.75) is 46.1 Å². The number of piperidine rings is 1. The second-order valence-corrected chi connectivity index (χ2v) is 7.62. The summed E-state index contributed by atoms with van der Waals surface area (Å²) in [5.74, 6) is 0.941. The number of hydrogen-bond donors (Lipinski definition) is 1. The summed E-state index contributed by atoms with van der Waals surface area (Å²) in [6.07, 6.45) is 2.78. The Hall–Kier alpha value is -2.24. The fourth-order valence-electron chi connectivity index (χ4n) is 4.25. The van der Waals surface area contributed by atoms with Crippen molar-refractivity contribution < 1.29 is 9.53 Å². The second kappa shape index (κ2) is 9.80. The number of para-hydroxylation sites is 1. The molecule has 0 aliphatic carbocycles. The molecular weight excluding hydrogens is 352 g/mol. The van der Waals surface area contributed by atoms with Gasteiger partial charge in [0, 0.05) is 37.9 Å². The highest BCUT2D eigenvalue weighted by Gasteiger charge is 2.28. The Balaban J connectivity index is 1.56. The number of anilines is 1. The Morgan fingerprint density at radius 1 is 1.25 bits per heavy atom. The van der Waals surface area contributed by atoms with E-state index in [9.17, 15) is 4.79 Å². The zero-order chi connectivity index (χ0) is 19.9. The predicted molar refractivity (Wildman–Crippen MR) is 114 cm³/mol. The summed E-state index contributed by atoms with van der Waals surface area (Å²) in [6.45, 7) is 10.9. The van der Waals surface area contributed by atoms with Gasteiger partial charge in [0.15, 0.2) is 5.96 Å². The molecule has 0 aromatic heterocycles. The van der Waals surface area contributed by atoms with Gasteiger partial charge in [-0.15, -0.1) is 0 Å². The summed E-state index contributed by atoms with van der Waals surface area (Å²) < 4.78 is 5.18. The molecule has 1 unspecified atom stereocenters. The highest BCUT2D eigenvalue weighted by atomic mass is 16.5. The first-order valence-corrected chi connectivity index (χ1v) is 10.7. The molecule has 3 rings (SSSR count). The number of aliphatic imine (C=N–C) groups is 1. The number of likely N-dealkylation sites (tertiary alicyclic amines) is 1. The van der Waals surface area contributed by atoms with Gasteiger partial charge in [0.1, 0.15) is 0 Å². The van der Waals surface area contributed by atoms with Crippen LogP contribution in [0.3, 0.4) is 0 Å². The Bertz CT molecular complexity index is 683. The van der Waals surface area contributed by atoms with E-state index < -0.39 is 0 Å². The SMILES string of the molecule is CCNC(=NCCN1c2ccccc2CC1C)N1CCC(C(=O)OCC)CC1. The van der Waals surface area contributed by atoms with Gasteiger partial charge in [0.25, 0.3) is 0 Å². The van der Waals surface area contributed by atoms with Crippen LogP contribution in [0.2, 0.25) is 0 Å².